The van der Waals surface area contributed by atoms with Crippen LogP contribution in [0.2, 0.25) is 0 Å². The van der Waals surface area contributed by atoms with Gasteiger partial charge in [0, 0.05) is 19.9 Å². The van der Waals surface area contributed by atoms with E-state index >= 15 is 0 Å². The molecular weight excluding hydrogens is 152 g/mol. The summed E-state index contributed by atoms with van der Waals surface area (Å²) in [6.45, 7) is 0.314. The van der Waals surface area contributed by atoms with Crippen LogP contribution in [-0.4, -0.2) is 21.5 Å². The molecule has 0 bridgehead atoms. The highest BCUT2D eigenvalue weighted by Gasteiger charge is 2.19. The van der Waals surface area contributed by atoms with E-state index in [1.54, 1.807) is 0 Å². The van der Waals surface area contributed by atoms with Gasteiger partial charge in [-0.25, -0.2) is 0 Å². The van der Waals surface area contributed by atoms with Crippen molar-refractivity contribution in [2.45, 2.75) is 19.3 Å². The number of hydrogen-bond acceptors (Lipinski definition) is 2. The van der Waals surface area contributed by atoms with E-state index in [0.717, 1.165) is 19.3 Å². The molecule has 1 N–H and O–H groups in total. The zero-order valence-electron chi connectivity index (χ0n) is 7.32. The van der Waals surface area contributed by atoms with Crippen LogP contribution in [0.15, 0.2) is 6.20 Å². The van der Waals surface area contributed by atoms with E-state index in [1.165, 1.54) is 11.3 Å². The van der Waals surface area contributed by atoms with Gasteiger partial charge in [0.1, 0.15) is 0 Å². The summed E-state index contributed by atoms with van der Waals surface area (Å²) in [5.74, 6) is 0.460. The standard InChI is InChI=1S/C9H14N2O/c1-11-5-8-4-7(6-12)2-3-9(8)10-11/h5,7,12H,2-4,6H2,1H3. The molecule has 3 heteroatoms. The van der Waals surface area contributed by atoms with Gasteiger partial charge in [-0.3, -0.25) is 4.68 Å². The molecule has 1 aromatic heterocycles. The Morgan fingerprint density at radius 1 is 1.75 bits per heavy atom. The lowest BCUT2D eigenvalue weighted by molar-refractivity contribution is 0.213. The van der Waals surface area contributed by atoms with Crippen molar-refractivity contribution in [3.8, 4) is 0 Å². The number of rotatable bonds is 1. The summed E-state index contributed by atoms with van der Waals surface area (Å²) < 4.78 is 1.87. The Bertz CT molecular complexity index is 280. The zero-order chi connectivity index (χ0) is 8.55. The monoisotopic (exact) mass is 166 g/mol. The van der Waals surface area contributed by atoms with Crippen LogP contribution in [0, 0.1) is 5.92 Å². The topological polar surface area (TPSA) is 38.0 Å². The fraction of sp³-hybridized carbons (Fsp3) is 0.667. The van der Waals surface area contributed by atoms with Crippen LogP contribution < -0.4 is 0 Å². The Labute approximate surface area is 72.0 Å². The molecule has 66 valence electrons. The van der Waals surface area contributed by atoms with Gasteiger partial charge < -0.3 is 5.11 Å². The molecule has 1 aliphatic carbocycles. The first-order chi connectivity index (χ1) is 5.79. The minimum absolute atomic E-state index is 0.314. The van der Waals surface area contributed by atoms with Gasteiger partial charge in [-0.05, 0) is 30.7 Å². The molecule has 3 nitrogen and oxygen atoms in total. The summed E-state index contributed by atoms with van der Waals surface area (Å²) in [6, 6.07) is 0. The Hall–Kier alpha value is -0.830. The highest BCUT2D eigenvalue weighted by molar-refractivity contribution is 5.20. The molecule has 12 heavy (non-hydrogen) atoms. The molecule has 2 rings (SSSR count). The third kappa shape index (κ3) is 1.25. The maximum Gasteiger partial charge on any atom is 0.0656 e. The molecule has 0 aliphatic heterocycles. The van der Waals surface area contributed by atoms with Crippen LogP contribution in [-0.2, 0) is 19.9 Å². The molecule has 0 saturated carbocycles. The lowest BCUT2D eigenvalue weighted by Crippen LogP contribution is -2.16. The van der Waals surface area contributed by atoms with Crippen molar-refractivity contribution in [2.24, 2.45) is 13.0 Å². The molecule has 1 unspecified atom stereocenters. The Balaban J connectivity index is 2.22. The zero-order valence-corrected chi connectivity index (χ0v) is 7.32. The third-order valence-corrected chi connectivity index (χ3v) is 2.55. The van der Waals surface area contributed by atoms with Crippen LogP contribution in [0.4, 0.5) is 0 Å². The van der Waals surface area contributed by atoms with Crippen molar-refractivity contribution < 1.29 is 5.11 Å². The van der Waals surface area contributed by atoms with Crippen LogP contribution in [0.3, 0.4) is 0 Å². The van der Waals surface area contributed by atoms with Crippen molar-refractivity contribution in [2.75, 3.05) is 6.61 Å². The molecule has 1 heterocycles. The maximum atomic E-state index is 9.00. The average molecular weight is 166 g/mol. The smallest absolute Gasteiger partial charge is 0.0656 e. The summed E-state index contributed by atoms with van der Waals surface area (Å²) in [7, 11) is 1.95. The number of hydrogen-bond donors (Lipinski definition) is 1. The lowest BCUT2D eigenvalue weighted by atomic mass is 9.89. The quantitative estimate of drug-likeness (QED) is 0.660. The molecule has 1 atom stereocenters. The van der Waals surface area contributed by atoms with Gasteiger partial charge in [-0.1, -0.05) is 0 Å². The van der Waals surface area contributed by atoms with Gasteiger partial charge in [0.05, 0.1) is 5.69 Å². The van der Waals surface area contributed by atoms with Gasteiger partial charge >= 0.3 is 0 Å². The molecule has 0 amide bonds. The summed E-state index contributed by atoms with van der Waals surface area (Å²) >= 11 is 0. The van der Waals surface area contributed by atoms with E-state index in [0.29, 0.717) is 12.5 Å². The SMILES string of the molecule is Cn1cc2c(n1)CCC(CO)C2. The predicted molar refractivity (Wildman–Crippen MR) is 45.8 cm³/mol. The first-order valence-corrected chi connectivity index (χ1v) is 4.42. The minimum atomic E-state index is 0.314. The van der Waals surface area contributed by atoms with Crippen LogP contribution in [0.5, 0.6) is 0 Å². The van der Waals surface area contributed by atoms with Crippen LogP contribution >= 0.6 is 0 Å². The Morgan fingerprint density at radius 2 is 2.58 bits per heavy atom. The number of aryl methyl sites for hydroxylation is 2. The average Bonchev–Trinajstić information content (AvgIpc) is 2.43. The van der Waals surface area contributed by atoms with E-state index in [9.17, 15) is 0 Å². The Kier molecular flexibility index (Phi) is 1.89. The fourth-order valence-electron chi connectivity index (χ4n) is 1.87. The first-order valence-electron chi connectivity index (χ1n) is 4.42. The highest BCUT2D eigenvalue weighted by atomic mass is 16.3. The van der Waals surface area contributed by atoms with E-state index in [1.807, 2.05) is 11.7 Å². The second-order valence-electron chi connectivity index (χ2n) is 3.57. The van der Waals surface area contributed by atoms with Crippen LogP contribution in [0.25, 0.3) is 0 Å². The van der Waals surface area contributed by atoms with Gasteiger partial charge in [-0.2, -0.15) is 5.10 Å². The van der Waals surface area contributed by atoms with E-state index in [2.05, 4.69) is 11.3 Å². The summed E-state index contributed by atoms with van der Waals surface area (Å²) in [5, 5.41) is 13.4. The molecule has 0 spiro atoms. The second-order valence-corrected chi connectivity index (χ2v) is 3.57. The molecule has 0 saturated heterocycles. The summed E-state index contributed by atoms with van der Waals surface area (Å²) in [5.41, 5.74) is 2.55. The van der Waals surface area contributed by atoms with Crippen LogP contribution in [0.1, 0.15) is 17.7 Å². The largest absolute Gasteiger partial charge is 0.396 e. The van der Waals surface area contributed by atoms with Crippen molar-refractivity contribution >= 4 is 0 Å². The normalized spacial score (nSPS) is 22.3. The van der Waals surface area contributed by atoms with Gasteiger partial charge in [0.15, 0.2) is 0 Å². The van der Waals surface area contributed by atoms with Crippen molar-refractivity contribution in [1.29, 1.82) is 0 Å². The fourth-order valence-corrected chi connectivity index (χ4v) is 1.87. The number of nitrogens with zero attached hydrogens (tertiary/aromatic N) is 2. The number of aromatic nitrogens is 2. The molecule has 0 fully saturated rings. The van der Waals surface area contributed by atoms with Gasteiger partial charge in [0.25, 0.3) is 0 Å². The van der Waals surface area contributed by atoms with Crippen molar-refractivity contribution in [3.05, 3.63) is 17.5 Å². The first kappa shape index (κ1) is 7.80. The highest BCUT2D eigenvalue weighted by Crippen LogP contribution is 2.23. The summed E-state index contributed by atoms with van der Waals surface area (Å²) in [4.78, 5) is 0. The number of fused-ring (bicyclic) bond motifs is 1. The minimum Gasteiger partial charge on any atom is -0.396 e. The second kappa shape index (κ2) is 2.90. The molecule has 0 radical (unpaired) electrons. The maximum absolute atomic E-state index is 9.00. The van der Waals surface area contributed by atoms with E-state index in [4.69, 9.17) is 5.11 Å². The van der Waals surface area contributed by atoms with Crippen molar-refractivity contribution in [3.63, 3.8) is 0 Å². The number of aliphatic hydroxyl groups is 1. The van der Waals surface area contributed by atoms with Gasteiger partial charge in [-0.15, -0.1) is 0 Å². The van der Waals surface area contributed by atoms with E-state index < -0.39 is 0 Å². The molecule has 1 aromatic rings. The van der Waals surface area contributed by atoms with E-state index in [-0.39, 0.29) is 0 Å². The number of aliphatic hydroxyl groups excluding tert-OH is 1. The lowest BCUT2D eigenvalue weighted by Gasteiger charge is -2.18. The van der Waals surface area contributed by atoms with Crippen molar-refractivity contribution in [1.82, 2.24) is 9.78 Å². The molecule has 1 aliphatic rings. The molecule has 0 aromatic carbocycles. The summed E-state index contributed by atoms with van der Waals surface area (Å²) in [6.07, 6.45) is 5.18. The Morgan fingerprint density at radius 3 is 3.33 bits per heavy atom. The third-order valence-electron chi connectivity index (χ3n) is 2.55. The predicted octanol–water partition coefficient (Wildman–Crippen LogP) is 0.517. The molecular formula is C9H14N2O. The van der Waals surface area contributed by atoms with Gasteiger partial charge in [0.2, 0.25) is 0 Å².